The quantitative estimate of drug-likeness (QED) is 0.749. The number of benzene rings is 2. The van der Waals surface area contributed by atoms with E-state index in [0.29, 0.717) is 5.69 Å². The first-order valence-corrected chi connectivity index (χ1v) is 10.8. The fourth-order valence-electron chi connectivity index (χ4n) is 3.08. The lowest BCUT2D eigenvalue weighted by atomic mass is 10.0. The van der Waals surface area contributed by atoms with E-state index in [-0.39, 0.29) is 15.7 Å². The number of rotatable bonds is 5. The number of halogens is 2. The molecule has 0 heterocycles. The molecule has 0 spiro atoms. The monoisotopic (exact) mass is 428 g/mol. The fraction of sp³-hybridized carbons (Fsp3) is 0.316. The number of carbonyl (C=O) groups excluding carboxylic acids is 1. The Balaban J connectivity index is 2.42. The van der Waals surface area contributed by atoms with Crippen LogP contribution in [0.2, 0.25) is 10.0 Å². The summed E-state index contributed by atoms with van der Waals surface area (Å²) in [4.78, 5) is 12.8. The average Bonchev–Trinajstić information content (AvgIpc) is 2.48. The zero-order chi connectivity index (χ0) is 20.5. The van der Waals surface area contributed by atoms with Gasteiger partial charge in [-0.25, -0.2) is 8.42 Å². The largest absolute Gasteiger partial charge is 0.324 e. The molecule has 0 bridgehead atoms. The number of nitrogens with zero attached hydrogens (tertiary/aromatic N) is 1. The molecule has 0 fully saturated rings. The number of aryl methyl sites for hydroxylation is 3. The van der Waals surface area contributed by atoms with E-state index in [4.69, 9.17) is 23.2 Å². The molecule has 1 atom stereocenters. The molecule has 2 rings (SSSR count). The summed E-state index contributed by atoms with van der Waals surface area (Å²) in [5.41, 5.74) is 3.81. The molecular formula is C19H22Cl2N2O3S. The van der Waals surface area contributed by atoms with Crippen LogP contribution in [0, 0.1) is 20.8 Å². The van der Waals surface area contributed by atoms with Gasteiger partial charge in [0.25, 0.3) is 0 Å². The van der Waals surface area contributed by atoms with Crippen LogP contribution in [-0.2, 0) is 14.8 Å². The zero-order valence-electron chi connectivity index (χ0n) is 15.8. The lowest BCUT2D eigenvalue weighted by Gasteiger charge is -2.29. The van der Waals surface area contributed by atoms with Crippen LogP contribution in [0.4, 0.5) is 11.4 Å². The Hall–Kier alpha value is -1.76. The van der Waals surface area contributed by atoms with Crippen molar-refractivity contribution < 1.29 is 13.2 Å². The van der Waals surface area contributed by atoms with E-state index < -0.39 is 22.0 Å². The Bertz CT molecular complexity index is 947. The Kier molecular flexibility index (Phi) is 6.45. The number of nitrogens with one attached hydrogen (secondary N) is 1. The highest BCUT2D eigenvalue weighted by Crippen LogP contribution is 2.29. The van der Waals surface area contributed by atoms with E-state index in [1.165, 1.54) is 25.1 Å². The minimum Gasteiger partial charge on any atom is -0.324 e. The van der Waals surface area contributed by atoms with Gasteiger partial charge < -0.3 is 5.32 Å². The molecule has 1 amide bonds. The van der Waals surface area contributed by atoms with Gasteiger partial charge in [0.2, 0.25) is 15.9 Å². The smallest absolute Gasteiger partial charge is 0.248 e. The lowest BCUT2D eigenvalue weighted by molar-refractivity contribution is -0.116. The molecule has 2 aromatic rings. The molecule has 0 aliphatic carbocycles. The van der Waals surface area contributed by atoms with Crippen molar-refractivity contribution in [2.45, 2.75) is 33.7 Å². The third kappa shape index (κ3) is 5.15. The molecule has 27 heavy (non-hydrogen) atoms. The first-order valence-electron chi connectivity index (χ1n) is 8.24. The van der Waals surface area contributed by atoms with Crippen LogP contribution in [-0.4, -0.2) is 26.6 Å². The molecule has 0 aliphatic heterocycles. The standard InChI is InChI=1S/C19H22Cl2N2O3S/c1-11-6-12(2)18(13(3)7-11)22-19(24)14(4)23(27(5,25)26)17-9-15(20)8-16(21)10-17/h6-10,14H,1-5H3,(H,22,24). The van der Waals surface area contributed by atoms with Crippen molar-refractivity contribution in [1.29, 1.82) is 0 Å². The Morgan fingerprint density at radius 3 is 1.93 bits per heavy atom. The average molecular weight is 429 g/mol. The Labute approximate surface area is 170 Å². The highest BCUT2D eigenvalue weighted by Gasteiger charge is 2.30. The van der Waals surface area contributed by atoms with E-state index in [1.807, 2.05) is 32.9 Å². The summed E-state index contributed by atoms with van der Waals surface area (Å²) in [5.74, 6) is -0.452. The van der Waals surface area contributed by atoms with Crippen molar-refractivity contribution in [2.24, 2.45) is 0 Å². The third-order valence-electron chi connectivity index (χ3n) is 4.12. The number of carbonyl (C=O) groups is 1. The number of anilines is 2. The molecule has 146 valence electrons. The van der Waals surface area contributed by atoms with Gasteiger partial charge in [0.05, 0.1) is 11.9 Å². The first-order chi connectivity index (χ1) is 12.4. The van der Waals surface area contributed by atoms with E-state index in [1.54, 1.807) is 0 Å². The second kappa shape index (κ2) is 8.09. The van der Waals surface area contributed by atoms with Crippen molar-refractivity contribution in [3.63, 3.8) is 0 Å². The van der Waals surface area contributed by atoms with Gasteiger partial charge in [-0.3, -0.25) is 9.10 Å². The molecule has 8 heteroatoms. The van der Waals surface area contributed by atoms with Gasteiger partial charge in [0.1, 0.15) is 6.04 Å². The summed E-state index contributed by atoms with van der Waals surface area (Å²) >= 11 is 12.0. The molecule has 0 saturated heterocycles. The van der Waals surface area contributed by atoms with Gasteiger partial charge in [-0.1, -0.05) is 40.9 Å². The van der Waals surface area contributed by atoms with E-state index in [9.17, 15) is 13.2 Å². The van der Waals surface area contributed by atoms with Crippen molar-refractivity contribution in [3.05, 3.63) is 57.1 Å². The number of sulfonamides is 1. The molecule has 1 unspecified atom stereocenters. The van der Waals surface area contributed by atoms with Crippen LogP contribution in [0.5, 0.6) is 0 Å². The molecule has 0 radical (unpaired) electrons. The molecule has 1 N–H and O–H groups in total. The van der Waals surface area contributed by atoms with Crippen LogP contribution in [0.25, 0.3) is 0 Å². The maximum atomic E-state index is 12.8. The minimum atomic E-state index is -3.76. The van der Waals surface area contributed by atoms with Crippen molar-refractivity contribution in [1.82, 2.24) is 0 Å². The van der Waals surface area contributed by atoms with Crippen LogP contribution in [0.15, 0.2) is 30.3 Å². The topological polar surface area (TPSA) is 66.5 Å². The van der Waals surface area contributed by atoms with Gasteiger partial charge in [0.15, 0.2) is 0 Å². The molecule has 0 aliphatic rings. The van der Waals surface area contributed by atoms with Crippen molar-refractivity contribution >= 4 is 50.5 Å². The van der Waals surface area contributed by atoms with Crippen molar-refractivity contribution in [3.8, 4) is 0 Å². The molecule has 0 saturated carbocycles. The van der Waals surface area contributed by atoms with Crippen LogP contribution in [0.1, 0.15) is 23.6 Å². The van der Waals surface area contributed by atoms with E-state index in [0.717, 1.165) is 27.3 Å². The zero-order valence-corrected chi connectivity index (χ0v) is 18.1. The highest BCUT2D eigenvalue weighted by molar-refractivity contribution is 7.92. The fourth-order valence-corrected chi connectivity index (χ4v) is 4.75. The number of hydrogen-bond acceptors (Lipinski definition) is 3. The highest BCUT2D eigenvalue weighted by atomic mass is 35.5. The number of amides is 1. The summed E-state index contributed by atoms with van der Waals surface area (Å²) in [5, 5.41) is 3.41. The van der Waals surface area contributed by atoms with Crippen LogP contribution in [0.3, 0.4) is 0 Å². The summed E-state index contributed by atoms with van der Waals surface area (Å²) < 4.78 is 25.8. The van der Waals surface area contributed by atoms with E-state index >= 15 is 0 Å². The lowest BCUT2D eigenvalue weighted by Crippen LogP contribution is -2.45. The van der Waals surface area contributed by atoms with Gasteiger partial charge in [-0.15, -0.1) is 0 Å². The minimum absolute atomic E-state index is 0.231. The predicted octanol–water partition coefficient (Wildman–Crippen LogP) is 4.71. The molecule has 5 nitrogen and oxygen atoms in total. The summed E-state index contributed by atoms with van der Waals surface area (Å²) in [7, 11) is -3.76. The SMILES string of the molecule is Cc1cc(C)c(NC(=O)C(C)N(c2cc(Cl)cc(Cl)c2)S(C)(=O)=O)c(C)c1. The van der Waals surface area contributed by atoms with Gasteiger partial charge in [0, 0.05) is 15.7 Å². The Morgan fingerprint density at radius 1 is 1.00 bits per heavy atom. The molecule has 2 aromatic carbocycles. The summed E-state index contributed by atoms with van der Waals surface area (Å²) in [6.07, 6.45) is 1.04. The molecule has 0 aromatic heterocycles. The normalized spacial score (nSPS) is 12.6. The van der Waals surface area contributed by atoms with E-state index in [2.05, 4.69) is 5.32 Å². The second-order valence-electron chi connectivity index (χ2n) is 6.63. The first kappa shape index (κ1) is 21.5. The van der Waals surface area contributed by atoms with Gasteiger partial charge in [-0.05, 0) is 57.0 Å². The summed E-state index contributed by atoms with van der Waals surface area (Å²) in [6, 6.07) is 7.32. The van der Waals surface area contributed by atoms with Crippen molar-refractivity contribution in [2.75, 3.05) is 15.9 Å². The Morgan fingerprint density at radius 2 is 1.48 bits per heavy atom. The maximum Gasteiger partial charge on any atom is 0.248 e. The molecular weight excluding hydrogens is 407 g/mol. The number of hydrogen-bond donors (Lipinski definition) is 1. The van der Waals surface area contributed by atoms with Crippen LogP contribution >= 0.6 is 23.2 Å². The predicted molar refractivity (Wildman–Crippen MR) is 113 cm³/mol. The third-order valence-corrected chi connectivity index (χ3v) is 5.79. The maximum absolute atomic E-state index is 12.8. The van der Waals surface area contributed by atoms with Crippen LogP contribution < -0.4 is 9.62 Å². The van der Waals surface area contributed by atoms with Gasteiger partial charge in [-0.2, -0.15) is 0 Å². The van der Waals surface area contributed by atoms with Gasteiger partial charge >= 0.3 is 0 Å². The second-order valence-corrected chi connectivity index (χ2v) is 9.36. The summed E-state index contributed by atoms with van der Waals surface area (Å²) in [6.45, 7) is 7.28.